The molecule has 0 bridgehead atoms. The maximum atomic E-state index is 11.8. The van der Waals surface area contributed by atoms with E-state index in [1.165, 1.54) is 0 Å². The molecular weight excluding hydrogens is 222 g/mol. The molecule has 0 spiro atoms. The standard InChI is InChI=1S/C13H14ClNO/c1-4-13(3,5-2)15-12(16)10-6-8-11(14)9-7-10/h1,6-9H,5H2,2-3H3,(H,15,16). The highest BCUT2D eigenvalue weighted by Crippen LogP contribution is 2.12. The van der Waals surface area contributed by atoms with Crippen molar-refractivity contribution in [3.05, 3.63) is 34.9 Å². The van der Waals surface area contributed by atoms with Gasteiger partial charge in [0.1, 0.15) is 0 Å². The van der Waals surface area contributed by atoms with E-state index in [0.29, 0.717) is 17.0 Å². The summed E-state index contributed by atoms with van der Waals surface area (Å²) in [6, 6.07) is 6.69. The number of terminal acetylenes is 1. The Hall–Kier alpha value is -1.46. The van der Waals surface area contributed by atoms with Crippen molar-refractivity contribution in [3.8, 4) is 12.3 Å². The number of hydrogen-bond acceptors (Lipinski definition) is 1. The van der Waals surface area contributed by atoms with Gasteiger partial charge < -0.3 is 5.32 Å². The predicted octanol–water partition coefficient (Wildman–Crippen LogP) is 2.87. The topological polar surface area (TPSA) is 29.1 Å². The highest BCUT2D eigenvalue weighted by atomic mass is 35.5. The minimum atomic E-state index is -0.600. The molecule has 0 aliphatic heterocycles. The van der Waals surface area contributed by atoms with E-state index in [0.717, 1.165) is 0 Å². The molecule has 84 valence electrons. The molecule has 3 heteroatoms. The summed E-state index contributed by atoms with van der Waals surface area (Å²) in [7, 11) is 0. The van der Waals surface area contributed by atoms with Gasteiger partial charge in [0.25, 0.3) is 5.91 Å². The van der Waals surface area contributed by atoms with Gasteiger partial charge in [-0.05, 0) is 37.6 Å². The van der Waals surface area contributed by atoms with Crippen LogP contribution in [0.5, 0.6) is 0 Å². The summed E-state index contributed by atoms with van der Waals surface area (Å²) in [5.41, 5.74) is -0.0455. The van der Waals surface area contributed by atoms with Crippen LogP contribution in [0, 0.1) is 12.3 Å². The molecule has 0 heterocycles. The lowest BCUT2D eigenvalue weighted by molar-refractivity contribution is 0.0924. The van der Waals surface area contributed by atoms with Crippen molar-refractivity contribution in [1.29, 1.82) is 0 Å². The van der Waals surface area contributed by atoms with E-state index >= 15 is 0 Å². The van der Waals surface area contributed by atoms with Gasteiger partial charge in [0.15, 0.2) is 0 Å². The zero-order valence-electron chi connectivity index (χ0n) is 9.38. The predicted molar refractivity (Wildman–Crippen MR) is 66.4 cm³/mol. The van der Waals surface area contributed by atoms with Gasteiger partial charge in [-0.1, -0.05) is 24.4 Å². The number of halogens is 1. The first-order chi connectivity index (χ1) is 7.50. The minimum Gasteiger partial charge on any atom is -0.336 e. The van der Waals surface area contributed by atoms with Crippen LogP contribution in [-0.2, 0) is 0 Å². The zero-order chi connectivity index (χ0) is 12.2. The van der Waals surface area contributed by atoms with Crippen molar-refractivity contribution >= 4 is 17.5 Å². The first-order valence-corrected chi connectivity index (χ1v) is 5.44. The molecule has 0 saturated carbocycles. The maximum Gasteiger partial charge on any atom is 0.252 e. The Labute approximate surface area is 101 Å². The van der Waals surface area contributed by atoms with Gasteiger partial charge in [0, 0.05) is 10.6 Å². The Kier molecular flexibility index (Phi) is 3.98. The third-order valence-electron chi connectivity index (χ3n) is 2.52. The minimum absolute atomic E-state index is 0.182. The summed E-state index contributed by atoms with van der Waals surface area (Å²) in [5.74, 6) is 2.40. The summed E-state index contributed by atoms with van der Waals surface area (Å²) >= 11 is 5.74. The van der Waals surface area contributed by atoms with E-state index in [-0.39, 0.29) is 5.91 Å². The van der Waals surface area contributed by atoms with Gasteiger partial charge in [-0.25, -0.2) is 0 Å². The zero-order valence-corrected chi connectivity index (χ0v) is 10.1. The highest BCUT2D eigenvalue weighted by molar-refractivity contribution is 6.30. The number of benzene rings is 1. The number of carbonyl (C=O) groups excluding carboxylic acids is 1. The molecule has 1 N–H and O–H groups in total. The molecule has 2 nitrogen and oxygen atoms in total. The Morgan fingerprint density at radius 2 is 2.06 bits per heavy atom. The van der Waals surface area contributed by atoms with Crippen molar-refractivity contribution in [2.45, 2.75) is 25.8 Å². The number of amides is 1. The molecule has 0 saturated heterocycles. The molecular formula is C13H14ClNO. The molecule has 1 amide bonds. The number of nitrogens with one attached hydrogen (secondary N) is 1. The van der Waals surface area contributed by atoms with Crippen molar-refractivity contribution in [1.82, 2.24) is 5.32 Å². The van der Waals surface area contributed by atoms with Crippen LogP contribution in [0.15, 0.2) is 24.3 Å². The molecule has 0 aliphatic rings. The first-order valence-electron chi connectivity index (χ1n) is 5.06. The fraction of sp³-hybridized carbons (Fsp3) is 0.308. The van der Waals surface area contributed by atoms with Crippen LogP contribution >= 0.6 is 11.6 Å². The quantitative estimate of drug-likeness (QED) is 0.802. The van der Waals surface area contributed by atoms with Crippen LogP contribution in [-0.4, -0.2) is 11.4 Å². The molecule has 1 atom stereocenters. The largest absolute Gasteiger partial charge is 0.336 e. The Bertz CT molecular complexity index is 419. The van der Waals surface area contributed by atoms with Gasteiger partial charge in [0.2, 0.25) is 0 Å². The van der Waals surface area contributed by atoms with E-state index < -0.39 is 5.54 Å². The molecule has 0 aliphatic carbocycles. The summed E-state index contributed by atoms with van der Waals surface area (Å²) in [4.78, 5) is 11.8. The molecule has 1 unspecified atom stereocenters. The van der Waals surface area contributed by atoms with Crippen molar-refractivity contribution in [2.75, 3.05) is 0 Å². The van der Waals surface area contributed by atoms with Gasteiger partial charge in [0.05, 0.1) is 5.54 Å². The fourth-order valence-electron chi connectivity index (χ4n) is 1.15. The molecule has 1 rings (SSSR count). The normalized spacial score (nSPS) is 13.6. The van der Waals surface area contributed by atoms with Crippen LogP contribution in [0.2, 0.25) is 5.02 Å². The second kappa shape index (κ2) is 5.05. The average Bonchev–Trinajstić information content (AvgIpc) is 2.29. The highest BCUT2D eigenvalue weighted by Gasteiger charge is 2.21. The maximum absolute atomic E-state index is 11.8. The molecule has 0 aromatic heterocycles. The second-order valence-corrected chi connectivity index (χ2v) is 4.23. The molecule has 16 heavy (non-hydrogen) atoms. The first kappa shape index (κ1) is 12.6. The third kappa shape index (κ3) is 3.01. The third-order valence-corrected chi connectivity index (χ3v) is 2.77. The average molecular weight is 236 g/mol. The summed E-state index contributed by atoms with van der Waals surface area (Å²) in [5, 5.41) is 3.41. The van der Waals surface area contributed by atoms with E-state index in [2.05, 4.69) is 11.2 Å². The Morgan fingerprint density at radius 1 is 1.50 bits per heavy atom. The van der Waals surface area contributed by atoms with Crippen LogP contribution in [0.1, 0.15) is 30.6 Å². The van der Waals surface area contributed by atoms with E-state index in [1.54, 1.807) is 24.3 Å². The van der Waals surface area contributed by atoms with E-state index in [4.69, 9.17) is 18.0 Å². The van der Waals surface area contributed by atoms with Crippen molar-refractivity contribution < 1.29 is 4.79 Å². The fourth-order valence-corrected chi connectivity index (χ4v) is 1.28. The Balaban J connectivity index is 2.81. The van der Waals surface area contributed by atoms with Gasteiger partial charge >= 0.3 is 0 Å². The summed E-state index contributed by atoms with van der Waals surface area (Å²) < 4.78 is 0. The lowest BCUT2D eigenvalue weighted by Crippen LogP contribution is -2.44. The number of rotatable bonds is 3. The second-order valence-electron chi connectivity index (χ2n) is 3.79. The van der Waals surface area contributed by atoms with E-state index in [9.17, 15) is 4.79 Å². The van der Waals surface area contributed by atoms with Crippen LogP contribution in [0.4, 0.5) is 0 Å². The smallest absolute Gasteiger partial charge is 0.252 e. The van der Waals surface area contributed by atoms with Gasteiger partial charge in [-0.2, -0.15) is 0 Å². The van der Waals surface area contributed by atoms with Crippen LogP contribution in [0.3, 0.4) is 0 Å². The Morgan fingerprint density at radius 3 is 2.50 bits per heavy atom. The SMILES string of the molecule is C#CC(C)(CC)NC(=O)c1ccc(Cl)cc1. The lowest BCUT2D eigenvalue weighted by atomic mass is 9.99. The van der Waals surface area contributed by atoms with Crippen LogP contribution in [0.25, 0.3) is 0 Å². The van der Waals surface area contributed by atoms with Gasteiger partial charge in [-0.15, -0.1) is 6.42 Å². The molecule has 1 aromatic rings. The summed E-state index contributed by atoms with van der Waals surface area (Å²) in [6.07, 6.45) is 6.07. The van der Waals surface area contributed by atoms with Gasteiger partial charge in [-0.3, -0.25) is 4.79 Å². The number of carbonyl (C=O) groups is 1. The molecule has 0 fully saturated rings. The number of hydrogen-bond donors (Lipinski definition) is 1. The molecule has 1 aromatic carbocycles. The van der Waals surface area contributed by atoms with Crippen LogP contribution < -0.4 is 5.32 Å². The van der Waals surface area contributed by atoms with Crippen molar-refractivity contribution in [3.63, 3.8) is 0 Å². The van der Waals surface area contributed by atoms with Crippen molar-refractivity contribution in [2.24, 2.45) is 0 Å². The lowest BCUT2D eigenvalue weighted by Gasteiger charge is -2.23. The molecule has 0 radical (unpaired) electrons. The van der Waals surface area contributed by atoms with E-state index in [1.807, 2.05) is 13.8 Å². The summed E-state index contributed by atoms with van der Waals surface area (Å²) in [6.45, 7) is 3.75. The monoisotopic (exact) mass is 235 g/mol.